The Morgan fingerprint density at radius 2 is 1.09 bits per heavy atom. The van der Waals surface area contributed by atoms with E-state index in [2.05, 4.69) is 41.2 Å². The van der Waals surface area contributed by atoms with Crippen molar-refractivity contribution in [2.24, 2.45) is 0 Å². The van der Waals surface area contributed by atoms with Crippen molar-refractivity contribution < 1.29 is 62.2 Å². The molecule has 1 rings (SSSR count). The highest BCUT2D eigenvalue weighted by Gasteiger charge is 2.25. The Morgan fingerprint density at radius 3 is 1.71 bits per heavy atom. The van der Waals surface area contributed by atoms with Gasteiger partial charge >= 0.3 is 17.9 Å². The molecule has 450 valence electrons. The van der Waals surface area contributed by atoms with Gasteiger partial charge in [0.15, 0.2) is 6.61 Å². The van der Waals surface area contributed by atoms with Crippen molar-refractivity contribution in [3.05, 3.63) is 35.9 Å². The molecule has 1 unspecified atom stereocenters. The third kappa shape index (κ3) is 42.7. The molecule has 0 radical (unpaired) electrons. The average Bonchev–Trinajstić information content (AvgIpc) is 3.43. The zero-order chi connectivity index (χ0) is 56.9. The number of hydrogen-bond donors (Lipinski definition) is 2. The minimum Gasteiger partial charge on any atom is -0.466 e. The van der Waals surface area contributed by atoms with Gasteiger partial charge in [-0.2, -0.15) is 0 Å². The number of esters is 3. The zero-order valence-electron chi connectivity index (χ0n) is 49.4. The third-order valence-corrected chi connectivity index (χ3v) is 13.7. The molecule has 2 N–H and O–H groups in total. The summed E-state index contributed by atoms with van der Waals surface area (Å²) < 4.78 is 27.7. The van der Waals surface area contributed by atoms with Gasteiger partial charge in [-0.1, -0.05) is 167 Å². The van der Waals surface area contributed by atoms with E-state index >= 15 is 0 Å². The number of methoxy groups -OCH3 is 1. The molecule has 0 aliphatic heterocycles. The average molecular weight is 1110 g/mol. The van der Waals surface area contributed by atoms with Crippen molar-refractivity contribution in [3.63, 3.8) is 0 Å². The van der Waals surface area contributed by atoms with Gasteiger partial charge in [-0.05, 0) is 76.4 Å². The summed E-state index contributed by atoms with van der Waals surface area (Å²) in [7, 11) is 2.82. The fourth-order valence-electron chi connectivity index (χ4n) is 9.03. The molecule has 0 aliphatic carbocycles. The number of nitrogens with one attached hydrogen (secondary N) is 2. The van der Waals surface area contributed by atoms with Crippen molar-refractivity contribution in [1.29, 1.82) is 0 Å². The molecular formula is C61H108N4O13. The van der Waals surface area contributed by atoms with E-state index in [1.807, 2.05) is 30.3 Å². The molecule has 0 spiro atoms. The fourth-order valence-corrected chi connectivity index (χ4v) is 9.03. The number of carbonyl (C=O) groups excluding carboxylic acids is 6. The van der Waals surface area contributed by atoms with Crippen LogP contribution < -0.4 is 10.6 Å². The van der Waals surface area contributed by atoms with Crippen LogP contribution in [0.1, 0.15) is 213 Å². The summed E-state index contributed by atoms with van der Waals surface area (Å²) in [6, 6.07) is 8.09. The molecule has 1 atom stereocenters. The molecule has 0 heterocycles. The highest BCUT2D eigenvalue weighted by atomic mass is 17.2. The van der Waals surface area contributed by atoms with Gasteiger partial charge in [-0.3, -0.25) is 33.7 Å². The predicted molar refractivity (Wildman–Crippen MR) is 306 cm³/mol. The van der Waals surface area contributed by atoms with Crippen LogP contribution in [0.3, 0.4) is 0 Å². The number of hydrogen-bond acceptors (Lipinski definition) is 14. The van der Waals surface area contributed by atoms with E-state index in [4.69, 9.17) is 28.6 Å². The first-order valence-corrected chi connectivity index (χ1v) is 30.4. The molecule has 0 aliphatic rings. The van der Waals surface area contributed by atoms with Crippen LogP contribution in [-0.2, 0) is 68.6 Å². The summed E-state index contributed by atoms with van der Waals surface area (Å²) in [6.45, 7) is 9.02. The van der Waals surface area contributed by atoms with Crippen molar-refractivity contribution in [1.82, 2.24) is 20.4 Å². The van der Waals surface area contributed by atoms with Crippen LogP contribution in [0, 0.1) is 0 Å². The second kappa shape index (κ2) is 52.2. The minimum absolute atomic E-state index is 0.0310. The fraction of sp³-hybridized carbons (Fsp3) is 0.803. The summed E-state index contributed by atoms with van der Waals surface area (Å²) in [5.41, 5.74) is 0.780. The lowest BCUT2D eigenvalue weighted by molar-refractivity contribution is -0.269. The lowest BCUT2D eigenvalue weighted by Crippen LogP contribution is -2.52. The third-order valence-electron chi connectivity index (χ3n) is 13.7. The van der Waals surface area contributed by atoms with Crippen molar-refractivity contribution in [3.8, 4) is 0 Å². The van der Waals surface area contributed by atoms with Crippen LogP contribution in [-0.4, -0.2) is 151 Å². The summed E-state index contributed by atoms with van der Waals surface area (Å²) in [6.07, 6.45) is 30.5. The van der Waals surface area contributed by atoms with E-state index in [9.17, 15) is 28.8 Å². The molecule has 3 amide bonds. The molecule has 17 heteroatoms. The number of carbonyl (C=O) groups is 6. The first kappa shape index (κ1) is 71.9. The Balaban J connectivity index is 2.78. The summed E-state index contributed by atoms with van der Waals surface area (Å²) >= 11 is 0. The Hall–Kier alpha value is -4.16. The molecule has 0 saturated carbocycles. The van der Waals surface area contributed by atoms with Gasteiger partial charge in [0.05, 0.1) is 40.1 Å². The van der Waals surface area contributed by atoms with Crippen molar-refractivity contribution in [2.75, 3.05) is 93.1 Å². The quantitative estimate of drug-likeness (QED) is 0.0205. The van der Waals surface area contributed by atoms with Crippen LogP contribution >= 0.6 is 0 Å². The number of unbranched alkanes of at least 4 members (excludes halogenated alkanes) is 20. The highest BCUT2D eigenvalue weighted by molar-refractivity contribution is 5.91. The maximum Gasteiger partial charge on any atom is 0.325 e. The van der Waals surface area contributed by atoms with Gasteiger partial charge in [-0.15, -0.1) is 0 Å². The summed E-state index contributed by atoms with van der Waals surface area (Å²) in [5.74, 6) is -2.52. The normalized spacial score (nSPS) is 11.7. The molecule has 0 bridgehead atoms. The van der Waals surface area contributed by atoms with Crippen molar-refractivity contribution in [2.45, 2.75) is 226 Å². The second-order valence-corrected chi connectivity index (χ2v) is 20.6. The number of benzene rings is 1. The van der Waals surface area contributed by atoms with E-state index in [0.717, 1.165) is 109 Å². The van der Waals surface area contributed by atoms with E-state index in [1.165, 1.54) is 95.5 Å². The molecule has 17 nitrogen and oxygen atoms in total. The first-order valence-electron chi connectivity index (χ1n) is 30.4. The summed E-state index contributed by atoms with van der Waals surface area (Å²) in [4.78, 5) is 91.1. The molecule has 1 aromatic rings. The van der Waals surface area contributed by atoms with Crippen molar-refractivity contribution >= 4 is 35.6 Å². The zero-order valence-corrected chi connectivity index (χ0v) is 49.4. The molecule has 0 saturated heterocycles. The van der Waals surface area contributed by atoms with E-state index < -0.39 is 42.9 Å². The largest absolute Gasteiger partial charge is 0.466 e. The smallest absolute Gasteiger partial charge is 0.325 e. The van der Waals surface area contributed by atoms with Crippen LogP contribution in [0.5, 0.6) is 0 Å². The van der Waals surface area contributed by atoms with Gasteiger partial charge in [-0.25, -0.2) is 9.78 Å². The standard InChI is InChI=1S/C61H108N4O13/c1-6-9-12-15-18-27-36-54(37-28-19-16-13-10-7-2)78-59(69)39-29-20-17-21-31-40-64(41-32-24-30-38-58(68)75-44-33-22-14-11-8-3)42-46-76-60(70)50-62-61(71)55(49-53-34-25-23-26-35-53)63-56(66)51-65(57(67)52-77-73-5)43-45-74-48-47-72-4/h23,25-26,34-35,54-55H,6-22,24,27-33,36-52H2,1-5H3,(H,62,71)(H,63,66). The number of ether oxygens (including phenoxy) is 5. The number of nitrogens with zero attached hydrogens (tertiary/aromatic N) is 2. The Morgan fingerprint density at radius 1 is 0.538 bits per heavy atom. The lowest BCUT2D eigenvalue weighted by Gasteiger charge is -2.24. The van der Waals surface area contributed by atoms with Gasteiger partial charge in [0.1, 0.15) is 25.3 Å². The van der Waals surface area contributed by atoms with Gasteiger partial charge < -0.3 is 39.2 Å². The van der Waals surface area contributed by atoms with E-state index in [-0.39, 0.29) is 50.8 Å². The molecule has 0 fully saturated rings. The predicted octanol–water partition coefficient (Wildman–Crippen LogP) is 10.6. The minimum atomic E-state index is -1.06. The van der Waals surface area contributed by atoms with Crippen LogP contribution in [0.25, 0.3) is 0 Å². The monoisotopic (exact) mass is 1100 g/mol. The number of amides is 3. The van der Waals surface area contributed by atoms with Gasteiger partial charge in [0.2, 0.25) is 11.8 Å². The van der Waals surface area contributed by atoms with Crippen LogP contribution in [0.15, 0.2) is 30.3 Å². The number of rotatable bonds is 55. The van der Waals surface area contributed by atoms with Crippen LogP contribution in [0.4, 0.5) is 0 Å². The first-order chi connectivity index (χ1) is 38.1. The van der Waals surface area contributed by atoms with E-state index in [0.29, 0.717) is 39.2 Å². The highest BCUT2D eigenvalue weighted by Crippen LogP contribution is 2.19. The van der Waals surface area contributed by atoms with Crippen LogP contribution in [0.2, 0.25) is 0 Å². The second-order valence-electron chi connectivity index (χ2n) is 20.6. The lowest BCUT2D eigenvalue weighted by atomic mass is 10.0. The SMILES string of the molecule is CCCCCCCCC(CCCCCCCC)OC(=O)CCCCCCCN(CCCCCC(=O)OCCCCCCC)CCOC(=O)CNC(=O)C(Cc1ccccc1)NC(=O)CN(CCOCCOC)C(=O)COOC. The molecule has 78 heavy (non-hydrogen) atoms. The molecule has 0 aromatic heterocycles. The maximum absolute atomic E-state index is 13.6. The Labute approximate surface area is 471 Å². The molecular weight excluding hydrogens is 997 g/mol. The summed E-state index contributed by atoms with van der Waals surface area (Å²) in [5, 5.41) is 5.37. The van der Waals surface area contributed by atoms with E-state index in [1.54, 1.807) is 7.11 Å². The van der Waals surface area contributed by atoms with Gasteiger partial charge in [0, 0.05) is 39.5 Å². The Bertz CT molecular complexity index is 1620. The Kier molecular flexibility index (Phi) is 48.1. The van der Waals surface area contributed by atoms with Gasteiger partial charge in [0.25, 0.3) is 5.91 Å². The maximum atomic E-state index is 13.6. The molecule has 1 aromatic carbocycles. The topological polar surface area (TPSA) is 198 Å².